The molecule has 3 rings (SSSR count). The van der Waals surface area contributed by atoms with E-state index in [9.17, 15) is 4.79 Å². The van der Waals surface area contributed by atoms with E-state index in [1.807, 2.05) is 12.1 Å². The molecule has 1 fully saturated rings. The van der Waals surface area contributed by atoms with E-state index in [1.54, 1.807) is 6.07 Å². The van der Waals surface area contributed by atoms with Crippen molar-refractivity contribution in [1.29, 1.82) is 0 Å². The molecule has 1 atom stereocenters. The Bertz CT molecular complexity index is 480. The fraction of sp³-hybridized carbons (Fsp3) is 0.533. The van der Waals surface area contributed by atoms with Crippen molar-refractivity contribution in [2.75, 3.05) is 24.7 Å². The normalized spacial score (nSPS) is 22.9. The van der Waals surface area contributed by atoms with Gasteiger partial charge in [0.2, 0.25) is 0 Å². The minimum absolute atomic E-state index is 0.389. The SMILES string of the molecule is O=C(O)c1ccc2c(c1)CCCN2C1CCCOC1. The zero-order valence-corrected chi connectivity index (χ0v) is 11.0. The molecule has 2 aliphatic heterocycles. The van der Waals surface area contributed by atoms with Gasteiger partial charge in [0.25, 0.3) is 0 Å². The van der Waals surface area contributed by atoms with Gasteiger partial charge < -0.3 is 14.7 Å². The van der Waals surface area contributed by atoms with Gasteiger partial charge in [-0.2, -0.15) is 0 Å². The van der Waals surface area contributed by atoms with Crippen LogP contribution in [-0.2, 0) is 11.2 Å². The van der Waals surface area contributed by atoms with Gasteiger partial charge in [0.15, 0.2) is 0 Å². The monoisotopic (exact) mass is 261 g/mol. The predicted molar refractivity (Wildman–Crippen MR) is 72.9 cm³/mol. The standard InChI is InChI=1S/C15H19NO3/c17-15(18)12-5-6-14-11(9-12)3-1-7-16(14)13-4-2-8-19-10-13/h5-6,9,13H,1-4,7-8,10H2,(H,17,18). The highest BCUT2D eigenvalue weighted by Crippen LogP contribution is 2.31. The number of carboxylic acid groups (broad SMARTS) is 1. The molecular weight excluding hydrogens is 242 g/mol. The highest BCUT2D eigenvalue weighted by Gasteiger charge is 2.26. The summed E-state index contributed by atoms with van der Waals surface area (Å²) in [4.78, 5) is 13.4. The van der Waals surface area contributed by atoms with Gasteiger partial charge in [0.1, 0.15) is 0 Å². The van der Waals surface area contributed by atoms with E-state index in [0.29, 0.717) is 11.6 Å². The maximum absolute atomic E-state index is 11.0. The number of hydrogen-bond donors (Lipinski definition) is 1. The van der Waals surface area contributed by atoms with E-state index >= 15 is 0 Å². The maximum atomic E-state index is 11.0. The number of carboxylic acids is 1. The smallest absolute Gasteiger partial charge is 0.335 e. The molecule has 0 aliphatic carbocycles. The van der Waals surface area contributed by atoms with Gasteiger partial charge >= 0.3 is 5.97 Å². The van der Waals surface area contributed by atoms with Crippen LogP contribution in [0.5, 0.6) is 0 Å². The van der Waals surface area contributed by atoms with Crippen molar-refractivity contribution in [3.8, 4) is 0 Å². The van der Waals surface area contributed by atoms with Gasteiger partial charge in [0.05, 0.1) is 18.2 Å². The molecule has 1 aromatic carbocycles. The first kappa shape index (κ1) is 12.5. The van der Waals surface area contributed by atoms with Gasteiger partial charge in [-0.3, -0.25) is 0 Å². The summed E-state index contributed by atoms with van der Waals surface area (Å²) in [7, 11) is 0. The lowest BCUT2D eigenvalue weighted by Gasteiger charge is -2.39. The molecule has 4 heteroatoms. The Hall–Kier alpha value is -1.55. The minimum Gasteiger partial charge on any atom is -0.478 e. The number of aryl methyl sites for hydroxylation is 1. The number of nitrogens with zero attached hydrogens (tertiary/aromatic N) is 1. The molecule has 0 bridgehead atoms. The third kappa shape index (κ3) is 2.45. The van der Waals surface area contributed by atoms with Gasteiger partial charge in [-0.05, 0) is 49.4 Å². The van der Waals surface area contributed by atoms with E-state index in [-0.39, 0.29) is 0 Å². The van der Waals surface area contributed by atoms with Gasteiger partial charge in [0, 0.05) is 18.8 Å². The molecule has 2 aliphatic rings. The number of ether oxygens (including phenoxy) is 1. The Labute approximate surface area is 113 Å². The van der Waals surface area contributed by atoms with Crippen molar-refractivity contribution in [2.24, 2.45) is 0 Å². The fourth-order valence-electron chi connectivity index (χ4n) is 3.11. The van der Waals surface area contributed by atoms with Crippen LogP contribution in [0.4, 0.5) is 5.69 Å². The van der Waals surface area contributed by atoms with Crippen molar-refractivity contribution < 1.29 is 14.6 Å². The second-order valence-corrected chi connectivity index (χ2v) is 5.32. The zero-order chi connectivity index (χ0) is 13.2. The van der Waals surface area contributed by atoms with Gasteiger partial charge in [-0.15, -0.1) is 0 Å². The summed E-state index contributed by atoms with van der Waals surface area (Å²) in [6.45, 7) is 2.71. The van der Waals surface area contributed by atoms with Gasteiger partial charge in [-0.1, -0.05) is 0 Å². The number of hydrogen-bond acceptors (Lipinski definition) is 3. The Balaban J connectivity index is 1.89. The molecule has 1 N–H and O–H groups in total. The first-order valence-corrected chi connectivity index (χ1v) is 6.96. The molecule has 1 unspecified atom stereocenters. The van der Waals surface area contributed by atoms with Crippen molar-refractivity contribution >= 4 is 11.7 Å². The second-order valence-electron chi connectivity index (χ2n) is 5.32. The molecule has 2 heterocycles. The van der Waals surface area contributed by atoms with E-state index in [4.69, 9.17) is 9.84 Å². The molecule has 4 nitrogen and oxygen atoms in total. The maximum Gasteiger partial charge on any atom is 0.335 e. The molecule has 0 amide bonds. The summed E-state index contributed by atoms with van der Waals surface area (Å²) in [5.41, 5.74) is 2.75. The van der Waals surface area contributed by atoms with E-state index < -0.39 is 5.97 Å². The highest BCUT2D eigenvalue weighted by molar-refractivity contribution is 5.88. The lowest BCUT2D eigenvalue weighted by Crippen LogP contribution is -2.44. The van der Waals surface area contributed by atoms with Crippen LogP contribution in [0.3, 0.4) is 0 Å². The van der Waals surface area contributed by atoms with Crippen LogP contribution in [0.15, 0.2) is 18.2 Å². The molecule has 19 heavy (non-hydrogen) atoms. The van der Waals surface area contributed by atoms with Crippen molar-refractivity contribution in [2.45, 2.75) is 31.7 Å². The van der Waals surface area contributed by atoms with Crippen LogP contribution < -0.4 is 4.90 Å². The third-order valence-corrected chi connectivity index (χ3v) is 4.06. The van der Waals surface area contributed by atoms with E-state index in [1.165, 1.54) is 12.1 Å². The number of anilines is 1. The van der Waals surface area contributed by atoms with Crippen LogP contribution in [0, 0.1) is 0 Å². The third-order valence-electron chi connectivity index (χ3n) is 4.06. The second kappa shape index (κ2) is 5.21. The average Bonchev–Trinajstić information content (AvgIpc) is 2.47. The van der Waals surface area contributed by atoms with Crippen LogP contribution in [0.1, 0.15) is 35.2 Å². The summed E-state index contributed by atoms with van der Waals surface area (Å²) in [6.07, 6.45) is 4.34. The number of benzene rings is 1. The van der Waals surface area contributed by atoms with Crippen LogP contribution in [0.25, 0.3) is 0 Å². The van der Waals surface area contributed by atoms with E-state index in [0.717, 1.165) is 44.6 Å². The first-order valence-electron chi connectivity index (χ1n) is 6.96. The number of aromatic carboxylic acids is 1. The number of fused-ring (bicyclic) bond motifs is 1. The topological polar surface area (TPSA) is 49.8 Å². The van der Waals surface area contributed by atoms with Crippen molar-refractivity contribution in [3.63, 3.8) is 0 Å². The number of carbonyl (C=O) groups is 1. The lowest BCUT2D eigenvalue weighted by molar-refractivity contribution is 0.0696. The summed E-state index contributed by atoms with van der Waals surface area (Å²) in [6, 6.07) is 5.95. The fourth-order valence-corrected chi connectivity index (χ4v) is 3.11. The van der Waals surface area contributed by atoms with Crippen molar-refractivity contribution in [3.05, 3.63) is 29.3 Å². The Kier molecular flexibility index (Phi) is 3.42. The predicted octanol–water partition coefficient (Wildman–Crippen LogP) is 2.32. The van der Waals surface area contributed by atoms with Crippen molar-refractivity contribution in [1.82, 2.24) is 0 Å². The quantitative estimate of drug-likeness (QED) is 0.887. The molecule has 0 spiro atoms. The Morgan fingerprint density at radius 1 is 1.37 bits per heavy atom. The average molecular weight is 261 g/mol. The van der Waals surface area contributed by atoms with E-state index in [2.05, 4.69) is 4.90 Å². The molecular formula is C15H19NO3. The van der Waals surface area contributed by atoms with Crippen LogP contribution in [0.2, 0.25) is 0 Å². The molecule has 0 aromatic heterocycles. The van der Waals surface area contributed by atoms with Crippen LogP contribution in [-0.4, -0.2) is 36.9 Å². The Morgan fingerprint density at radius 3 is 3.00 bits per heavy atom. The summed E-state index contributed by atoms with van der Waals surface area (Å²) in [5.74, 6) is -0.846. The number of rotatable bonds is 2. The first-order chi connectivity index (χ1) is 9.25. The molecule has 1 aromatic rings. The molecule has 1 saturated heterocycles. The minimum atomic E-state index is -0.846. The van der Waals surface area contributed by atoms with Gasteiger partial charge in [-0.25, -0.2) is 4.79 Å². The molecule has 0 radical (unpaired) electrons. The summed E-state index contributed by atoms with van der Waals surface area (Å²) < 4.78 is 5.58. The summed E-state index contributed by atoms with van der Waals surface area (Å²) in [5, 5.41) is 9.07. The zero-order valence-electron chi connectivity index (χ0n) is 11.0. The summed E-state index contributed by atoms with van der Waals surface area (Å²) >= 11 is 0. The highest BCUT2D eigenvalue weighted by atomic mass is 16.5. The lowest BCUT2D eigenvalue weighted by atomic mass is 9.96. The molecule has 0 saturated carbocycles. The van der Waals surface area contributed by atoms with Crippen LogP contribution >= 0.6 is 0 Å². The largest absolute Gasteiger partial charge is 0.478 e. The Morgan fingerprint density at radius 2 is 2.26 bits per heavy atom. The molecule has 102 valence electrons.